The van der Waals surface area contributed by atoms with E-state index in [0.717, 1.165) is 0 Å². The molecule has 1 aliphatic heterocycles. The second-order valence-electron chi connectivity index (χ2n) is 10.1. The van der Waals surface area contributed by atoms with Crippen LogP contribution >= 0.6 is 0 Å². The Morgan fingerprint density at radius 1 is 1.26 bits per heavy atom. The third-order valence-electron chi connectivity index (χ3n) is 7.40. The number of rotatable bonds is 7. The van der Waals surface area contributed by atoms with Gasteiger partial charge in [-0.2, -0.15) is 18.3 Å². The van der Waals surface area contributed by atoms with Crippen molar-refractivity contribution in [1.82, 2.24) is 35.5 Å². The number of amides is 2. The second-order valence-corrected chi connectivity index (χ2v) is 10.1. The predicted molar refractivity (Wildman–Crippen MR) is 124 cm³/mol. The molecule has 1 saturated carbocycles. The van der Waals surface area contributed by atoms with Gasteiger partial charge in [0.1, 0.15) is 11.7 Å². The van der Waals surface area contributed by atoms with Crippen molar-refractivity contribution in [1.29, 1.82) is 0 Å². The first kappa shape index (κ1) is 26.9. The number of hydrogen-bond acceptors (Lipinski definition) is 7. The molecule has 3 aromatic heterocycles. The fraction of sp³-hybridized carbons (Fsp3) is 0.583. The van der Waals surface area contributed by atoms with Gasteiger partial charge in [-0.15, -0.1) is 0 Å². The van der Waals surface area contributed by atoms with Crippen LogP contribution in [0.5, 0.6) is 0 Å². The number of imidazole rings is 1. The van der Waals surface area contributed by atoms with Gasteiger partial charge in [-0.1, -0.05) is 12.1 Å². The van der Waals surface area contributed by atoms with Gasteiger partial charge in [-0.05, 0) is 48.9 Å². The fourth-order valence-electron chi connectivity index (χ4n) is 5.23. The Kier molecular flexibility index (Phi) is 7.01. The number of aromatic nitrogens is 5. The Bertz CT molecular complexity index is 1360. The molecule has 0 radical (unpaired) electrons. The molecule has 2 N–H and O–H groups in total. The number of aryl methyl sites for hydroxylation is 1. The number of halogens is 5. The van der Waals surface area contributed by atoms with Crippen molar-refractivity contribution in [2.24, 2.45) is 11.8 Å². The van der Waals surface area contributed by atoms with Crippen molar-refractivity contribution in [3.63, 3.8) is 0 Å². The topological polar surface area (TPSA) is 127 Å². The van der Waals surface area contributed by atoms with E-state index < -0.39 is 41.9 Å². The first-order valence-corrected chi connectivity index (χ1v) is 12.7. The number of carbonyl (C=O) groups excluding carboxylic acids is 2. The molecule has 2 amide bonds. The second kappa shape index (κ2) is 10.2. The molecule has 5 rings (SSSR count). The van der Waals surface area contributed by atoms with E-state index in [1.54, 1.807) is 25.3 Å². The minimum Gasteiger partial charge on any atom is -0.344 e. The standard InChI is InChI=1S/C24H26F5N7O3/c1-2-15-20(35-39-34-15)22(38)32-19(12-5-7-23(25,26)8-6-12)16-11-36-18(30-16)4-3-14(33-36)9-13-10-17(24(27,28)29)31-21(13)37/h3-4,11-13,17,19H,2,5-10H2,1H3,(H,31,37)(H,32,38)/t13-,17-,19?/m0/s1. The normalized spacial score (nSPS) is 22.7. The largest absolute Gasteiger partial charge is 0.408 e. The van der Waals surface area contributed by atoms with Crippen LogP contribution in [0.4, 0.5) is 22.0 Å². The summed E-state index contributed by atoms with van der Waals surface area (Å²) in [5.74, 6) is -5.26. The van der Waals surface area contributed by atoms with Crippen LogP contribution in [0.3, 0.4) is 0 Å². The summed E-state index contributed by atoms with van der Waals surface area (Å²) in [4.78, 5) is 29.7. The molecule has 15 heteroatoms. The number of nitrogens with zero attached hydrogens (tertiary/aromatic N) is 5. The van der Waals surface area contributed by atoms with Crippen molar-refractivity contribution in [2.45, 2.75) is 76.1 Å². The van der Waals surface area contributed by atoms with Crippen LogP contribution in [0.1, 0.15) is 72.6 Å². The van der Waals surface area contributed by atoms with Gasteiger partial charge in [0, 0.05) is 25.2 Å². The summed E-state index contributed by atoms with van der Waals surface area (Å²) in [6, 6.07) is 0.543. The SMILES string of the molecule is CCc1nonc1C(=O)NC(c1cn2nc(C[C@H]3C[C@@H](C(F)(F)F)NC3=O)ccc2n1)C1CCC(F)(F)CC1. The van der Waals surface area contributed by atoms with Gasteiger partial charge in [-0.25, -0.2) is 22.9 Å². The van der Waals surface area contributed by atoms with Gasteiger partial charge in [0.25, 0.3) is 5.91 Å². The quantitative estimate of drug-likeness (QED) is 0.427. The Hall–Kier alpha value is -3.65. The van der Waals surface area contributed by atoms with Crippen LogP contribution in [0.15, 0.2) is 23.0 Å². The average Bonchev–Trinajstić information content (AvgIpc) is 3.60. The first-order chi connectivity index (χ1) is 18.4. The van der Waals surface area contributed by atoms with Crippen LogP contribution in [0.25, 0.3) is 5.65 Å². The van der Waals surface area contributed by atoms with E-state index in [4.69, 9.17) is 0 Å². The predicted octanol–water partition coefficient (Wildman–Crippen LogP) is 3.58. The van der Waals surface area contributed by atoms with Crippen LogP contribution in [-0.4, -0.2) is 54.9 Å². The molecule has 0 bridgehead atoms. The summed E-state index contributed by atoms with van der Waals surface area (Å²) >= 11 is 0. The van der Waals surface area contributed by atoms with E-state index in [1.807, 2.05) is 5.32 Å². The number of hydrogen-bond donors (Lipinski definition) is 2. The molecular formula is C24H26F5N7O3. The third kappa shape index (κ3) is 5.71. The highest BCUT2D eigenvalue weighted by Crippen LogP contribution is 2.41. The van der Waals surface area contributed by atoms with E-state index in [1.165, 1.54) is 4.52 Å². The molecule has 4 heterocycles. The van der Waals surface area contributed by atoms with Crippen LogP contribution in [0, 0.1) is 11.8 Å². The Morgan fingerprint density at radius 3 is 2.67 bits per heavy atom. The van der Waals surface area contributed by atoms with E-state index in [0.29, 0.717) is 29.1 Å². The van der Waals surface area contributed by atoms with Crippen LogP contribution in [0.2, 0.25) is 0 Å². The summed E-state index contributed by atoms with van der Waals surface area (Å²) in [6.45, 7) is 1.78. The fourth-order valence-corrected chi connectivity index (χ4v) is 5.23. The lowest BCUT2D eigenvalue weighted by molar-refractivity contribution is -0.154. The lowest BCUT2D eigenvalue weighted by Gasteiger charge is -2.33. The van der Waals surface area contributed by atoms with Gasteiger partial charge in [0.2, 0.25) is 11.8 Å². The van der Waals surface area contributed by atoms with Gasteiger partial charge < -0.3 is 10.6 Å². The molecule has 1 unspecified atom stereocenters. The maximum absolute atomic E-state index is 13.9. The van der Waals surface area contributed by atoms with Gasteiger partial charge in [0.15, 0.2) is 11.3 Å². The van der Waals surface area contributed by atoms with Gasteiger partial charge >= 0.3 is 6.18 Å². The molecule has 1 aliphatic carbocycles. The zero-order chi connectivity index (χ0) is 27.9. The van der Waals surface area contributed by atoms with Crippen molar-refractivity contribution in [3.05, 3.63) is 41.1 Å². The third-order valence-corrected chi connectivity index (χ3v) is 7.40. The van der Waals surface area contributed by atoms with E-state index in [9.17, 15) is 31.5 Å². The van der Waals surface area contributed by atoms with E-state index in [-0.39, 0.29) is 50.1 Å². The molecule has 1 saturated heterocycles. The van der Waals surface area contributed by atoms with Crippen molar-refractivity contribution in [3.8, 4) is 0 Å². The number of fused-ring (bicyclic) bond motifs is 1. The summed E-state index contributed by atoms with van der Waals surface area (Å²) in [7, 11) is 0. The highest BCUT2D eigenvalue weighted by Gasteiger charge is 2.47. The smallest absolute Gasteiger partial charge is 0.344 e. The molecule has 210 valence electrons. The van der Waals surface area contributed by atoms with Gasteiger partial charge in [-0.3, -0.25) is 9.59 Å². The van der Waals surface area contributed by atoms with E-state index >= 15 is 0 Å². The summed E-state index contributed by atoms with van der Waals surface area (Å²) in [5, 5.41) is 16.6. The minimum absolute atomic E-state index is 0.000170. The zero-order valence-electron chi connectivity index (χ0n) is 20.8. The Balaban J connectivity index is 1.39. The maximum atomic E-state index is 13.9. The highest BCUT2D eigenvalue weighted by atomic mass is 19.4. The van der Waals surface area contributed by atoms with Crippen LogP contribution in [-0.2, 0) is 17.6 Å². The van der Waals surface area contributed by atoms with Gasteiger partial charge in [0.05, 0.1) is 23.6 Å². The highest BCUT2D eigenvalue weighted by molar-refractivity contribution is 5.93. The molecule has 39 heavy (non-hydrogen) atoms. The molecule has 2 aliphatic rings. The molecular weight excluding hydrogens is 529 g/mol. The Labute approximate surface area is 218 Å². The Morgan fingerprint density at radius 2 is 2.00 bits per heavy atom. The van der Waals surface area contributed by atoms with Crippen molar-refractivity contribution < 1.29 is 36.2 Å². The lowest BCUT2D eigenvalue weighted by atomic mass is 9.81. The first-order valence-electron chi connectivity index (χ1n) is 12.7. The zero-order valence-corrected chi connectivity index (χ0v) is 20.8. The molecule has 3 aromatic rings. The molecule has 2 fully saturated rings. The summed E-state index contributed by atoms with van der Waals surface area (Å²) < 4.78 is 72.9. The minimum atomic E-state index is -4.52. The monoisotopic (exact) mass is 555 g/mol. The lowest BCUT2D eigenvalue weighted by Crippen LogP contribution is -2.38. The summed E-state index contributed by atoms with van der Waals surface area (Å²) in [5.41, 5.74) is 1.50. The number of alkyl halides is 5. The average molecular weight is 556 g/mol. The molecule has 10 nitrogen and oxygen atoms in total. The van der Waals surface area contributed by atoms with Crippen molar-refractivity contribution in [2.75, 3.05) is 0 Å². The molecule has 3 atom stereocenters. The van der Waals surface area contributed by atoms with Crippen molar-refractivity contribution >= 4 is 17.5 Å². The van der Waals surface area contributed by atoms with E-state index in [2.05, 4.69) is 30.3 Å². The molecule has 0 spiro atoms. The summed E-state index contributed by atoms with van der Waals surface area (Å²) in [6.07, 6.45) is -3.31. The number of nitrogens with one attached hydrogen (secondary N) is 2. The number of carbonyl (C=O) groups is 2. The van der Waals surface area contributed by atoms with Crippen LogP contribution < -0.4 is 10.6 Å². The maximum Gasteiger partial charge on any atom is 0.408 e. The molecule has 0 aromatic carbocycles.